The molecule has 9 heteroatoms. The van der Waals surface area contributed by atoms with E-state index in [2.05, 4.69) is 10.2 Å². The first-order valence-corrected chi connectivity index (χ1v) is 11.6. The smallest absolute Gasteiger partial charge is 0.343 e. The van der Waals surface area contributed by atoms with Crippen molar-refractivity contribution in [3.63, 3.8) is 0 Å². The standard InChI is InChI=1S/C23H25N3O3S.2ClH/c27-22(25-10-11-30-15-25)20-13-18(14-24-20)26-9-8-17-12-19(6-7-21(17)26)29-23(28)16-4-2-1-3-5-16;;/h1-7,12,18,20,24H,8-11,13-15H2;2*1H/t18-,20-;;/m0../s1. The second-order valence-electron chi connectivity index (χ2n) is 7.98. The predicted octanol–water partition coefficient (Wildman–Crippen LogP) is 3.38. The molecule has 3 aliphatic heterocycles. The van der Waals surface area contributed by atoms with Gasteiger partial charge in [0.2, 0.25) is 5.91 Å². The fraction of sp³-hybridized carbons (Fsp3) is 0.391. The van der Waals surface area contributed by atoms with Crippen molar-refractivity contribution < 1.29 is 14.3 Å². The maximum absolute atomic E-state index is 12.7. The number of nitrogens with zero attached hydrogens (tertiary/aromatic N) is 2. The van der Waals surface area contributed by atoms with E-state index in [0.29, 0.717) is 17.4 Å². The first-order valence-electron chi connectivity index (χ1n) is 10.5. The van der Waals surface area contributed by atoms with Gasteiger partial charge in [-0.25, -0.2) is 4.79 Å². The Morgan fingerprint density at radius 2 is 1.88 bits per heavy atom. The van der Waals surface area contributed by atoms with E-state index in [1.165, 1.54) is 11.3 Å². The Labute approximate surface area is 204 Å². The van der Waals surface area contributed by atoms with E-state index in [0.717, 1.165) is 44.1 Å². The van der Waals surface area contributed by atoms with Crippen LogP contribution in [0.4, 0.5) is 5.69 Å². The van der Waals surface area contributed by atoms with E-state index < -0.39 is 0 Å². The van der Waals surface area contributed by atoms with Crippen LogP contribution in [0.3, 0.4) is 0 Å². The number of esters is 1. The number of ether oxygens (including phenoxy) is 1. The second-order valence-corrected chi connectivity index (χ2v) is 9.05. The topological polar surface area (TPSA) is 61.9 Å². The number of carbonyl (C=O) groups is 2. The molecule has 2 saturated heterocycles. The van der Waals surface area contributed by atoms with Gasteiger partial charge >= 0.3 is 5.97 Å². The van der Waals surface area contributed by atoms with Crippen LogP contribution < -0.4 is 15.0 Å². The Hall–Kier alpha value is -1.93. The first-order chi connectivity index (χ1) is 14.7. The Balaban J connectivity index is 0.00000144. The minimum atomic E-state index is -0.341. The molecule has 2 atom stereocenters. The van der Waals surface area contributed by atoms with Crippen LogP contribution in [0.2, 0.25) is 0 Å². The van der Waals surface area contributed by atoms with E-state index in [1.54, 1.807) is 12.1 Å². The van der Waals surface area contributed by atoms with Crippen molar-refractivity contribution in [2.45, 2.75) is 24.9 Å². The summed E-state index contributed by atoms with van der Waals surface area (Å²) in [5, 5.41) is 3.44. The fourth-order valence-corrected chi connectivity index (χ4v) is 5.49. The minimum absolute atomic E-state index is 0. The van der Waals surface area contributed by atoms with Gasteiger partial charge in [-0.05, 0) is 48.7 Å². The number of hydrogen-bond donors (Lipinski definition) is 1. The van der Waals surface area contributed by atoms with Gasteiger partial charge in [0.15, 0.2) is 0 Å². The summed E-state index contributed by atoms with van der Waals surface area (Å²) in [6, 6.07) is 15.2. The number of halogens is 2. The molecule has 0 saturated carbocycles. The highest BCUT2D eigenvalue weighted by Gasteiger charge is 2.37. The summed E-state index contributed by atoms with van der Waals surface area (Å²) in [6.45, 7) is 2.61. The lowest BCUT2D eigenvalue weighted by atomic mass is 10.1. The molecule has 6 nitrogen and oxygen atoms in total. The molecule has 5 rings (SSSR count). The summed E-state index contributed by atoms with van der Waals surface area (Å²) in [4.78, 5) is 29.4. The summed E-state index contributed by atoms with van der Waals surface area (Å²) >= 11 is 1.82. The predicted molar refractivity (Wildman–Crippen MR) is 133 cm³/mol. The van der Waals surface area contributed by atoms with Crippen molar-refractivity contribution >= 4 is 54.1 Å². The Bertz CT molecular complexity index is 957. The normalized spacial score (nSPS) is 21.5. The highest BCUT2D eigenvalue weighted by molar-refractivity contribution is 7.99. The lowest BCUT2D eigenvalue weighted by Gasteiger charge is -2.27. The van der Waals surface area contributed by atoms with E-state index in [1.807, 2.05) is 53.1 Å². The summed E-state index contributed by atoms with van der Waals surface area (Å²) in [6.07, 6.45) is 1.76. The number of fused-ring (bicyclic) bond motifs is 1. The van der Waals surface area contributed by atoms with Crippen LogP contribution >= 0.6 is 36.6 Å². The summed E-state index contributed by atoms with van der Waals surface area (Å²) < 4.78 is 5.57. The van der Waals surface area contributed by atoms with Crippen molar-refractivity contribution in [3.05, 3.63) is 59.7 Å². The molecule has 0 unspecified atom stereocenters. The van der Waals surface area contributed by atoms with Gasteiger partial charge in [0.25, 0.3) is 0 Å². The van der Waals surface area contributed by atoms with Crippen molar-refractivity contribution in [3.8, 4) is 5.75 Å². The third kappa shape index (κ3) is 5.01. The molecule has 172 valence electrons. The highest BCUT2D eigenvalue weighted by atomic mass is 35.5. The van der Waals surface area contributed by atoms with Crippen LogP contribution in [-0.4, -0.2) is 60.1 Å². The SMILES string of the molecule is Cl.Cl.O=C(Oc1ccc2c(c1)CCN2[C@@H]1CN[C@H](C(=O)N2CCSC2)C1)c1ccccc1. The molecule has 3 aliphatic rings. The van der Waals surface area contributed by atoms with Gasteiger partial charge < -0.3 is 19.9 Å². The lowest BCUT2D eigenvalue weighted by Crippen LogP contribution is -2.42. The average molecular weight is 496 g/mol. The molecule has 1 N–H and O–H groups in total. The van der Waals surface area contributed by atoms with Crippen LogP contribution in [0.15, 0.2) is 48.5 Å². The number of nitrogens with one attached hydrogen (secondary N) is 1. The Morgan fingerprint density at radius 1 is 1.06 bits per heavy atom. The average Bonchev–Trinajstić information content (AvgIpc) is 3.53. The Morgan fingerprint density at radius 3 is 2.62 bits per heavy atom. The second kappa shape index (κ2) is 10.8. The van der Waals surface area contributed by atoms with Crippen LogP contribution in [0.25, 0.3) is 0 Å². The molecule has 2 aromatic rings. The molecular formula is C23H27Cl2N3O3S. The quantitative estimate of drug-likeness (QED) is 0.518. The van der Waals surface area contributed by atoms with Gasteiger partial charge in [0.05, 0.1) is 17.5 Å². The van der Waals surface area contributed by atoms with Crippen molar-refractivity contribution in [2.75, 3.05) is 36.2 Å². The van der Waals surface area contributed by atoms with Crippen LogP contribution in [0, 0.1) is 0 Å². The van der Waals surface area contributed by atoms with E-state index in [9.17, 15) is 9.59 Å². The molecule has 32 heavy (non-hydrogen) atoms. The number of hydrogen-bond acceptors (Lipinski definition) is 6. The van der Waals surface area contributed by atoms with Gasteiger partial charge in [0.1, 0.15) is 5.75 Å². The molecule has 0 bridgehead atoms. The monoisotopic (exact) mass is 495 g/mol. The Kier molecular flexibility index (Phi) is 8.33. The van der Waals surface area contributed by atoms with Gasteiger partial charge in [-0.2, -0.15) is 0 Å². The molecule has 2 fully saturated rings. The summed E-state index contributed by atoms with van der Waals surface area (Å²) in [7, 11) is 0. The van der Waals surface area contributed by atoms with Gasteiger partial charge in [-0.15, -0.1) is 36.6 Å². The number of benzene rings is 2. The maximum atomic E-state index is 12.7. The number of carbonyl (C=O) groups excluding carboxylic acids is 2. The van der Waals surface area contributed by atoms with Crippen LogP contribution in [-0.2, 0) is 11.2 Å². The van der Waals surface area contributed by atoms with Gasteiger partial charge in [0, 0.05) is 37.1 Å². The summed E-state index contributed by atoms with van der Waals surface area (Å²) in [5.41, 5.74) is 2.92. The zero-order valence-corrected chi connectivity index (χ0v) is 20.0. The number of anilines is 1. The third-order valence-electron chi connectivity index (χ3n) is 6.11. The lowest BCUT2D eigenvalue weighted by molar-refractivity contribution is -0.131. The van der Waals surface area contributed by atoms with E-state index >= 15 is 0 Å². The highest BCUT2D eigenvalue weighted by Crippen LogP contribution is 2.35. The van der Waals surface area contributed by atoms with E-state index in [-0.39, 0.29) is 42.7 Å². The molecule has 0 aromatic heterocycles. The first kappa shape index (κ1) is 24.7. The molecule has 2 aromatic carbocycles. The maximum Gasteiger partial charge on any atom is 0.343 e. The van der Waals surface area contributed by atoms with Gasteiger partial charge in [-0.3, -0.25) is 4.79 Å². The minimum Gasteiger partial charge on any atom is -0.423 e. The van der Waals surface area contributed by atoms with Crippen molar-refractivity contribution in [1.29, 1.82) is 0 Å². The zero-order valence-electron chi connectivity index (χ0n) is 17.6. The molecule has 1 amide bonds. The molecule has 0 aliphatic carbocycles. The summed E-state index contributed by atoms with van der Waals surface area (Å²) in [5.74, 6) is 2.34. The number of rotatable bonds is 4. The van der Waals surface area contributed by atoms with Crippen molar-refractivity contribution in [1.82, 2.24) is 10.2 Å². The molecule has 0 radical (unpaired) electrons. The van der Waals surface area contributed by atoms with Crippen LogP contribution in [0.1, 0.15) is 22.3 Å². The van der Waals surface area contributed by atoms with Crippen molar-refractivity contribution in [2.24, 2.45) is 0 Å². The molecule has 3 heterocycles. The number of amides is 1. The zero-order chi connectivity index (χ0) is 20.5. The third-order valence-corrected chi connectivity index (χ3v) is 7.08. The van der Waals surface area contributed by atoms with Crippen LogP contribution in [0.5, 0.6) is 5.75 Å². The van der Waals surface area contributed by atoms with E-state index in [4.69, 9.17) is 4.74 Å². The molecular weight excluding hydrogens is 469 g/mol. The van der Waals surface area contributed by atoms with Gasteiger partial charge in [-0.1, -0.05) is 18.2 Å². The number of thioether (sulfide) groups is 1. The molecule has 0 spiro atoms. The largest absolute Gasteiger partial charge is 0.423 e. The fourth-order valence-electron chi connectivity index (χ4n) is 4.54.